The summed E-state index contributed by atoms with van der Waals surface area (Å²) in [6.45, 7) is 0.467. The number of hydrogen-bond donors (Lipinski definition) is 6. The number of hydrogen-bond acceptors (Lipinski definition) is 7. The van der Waals surface area contributed by atoms with Gasteiger partial charge in [-0.1, -0.05) is 0 Å². The molecule has 2 amide bonds. The summed E-state index contributed by atoms with van der Waals surface area (Å²) >= 11 is 5.47. The largest absolute Gasteiger partial charge is 0.480 e. The summed E-state index contributed by atoms with van der Waals surface area (Å²) in [4.78, 5) is 35.5. The summed E-state index contributed by atoms with van der Waals surface area (Å²) in [5.74, 6) is -1.33. The zero-order chi connectivity index (χ0) is 18.5. The van der Waals surface area contributed by atoms with E-state index in [4.69, 9.17) is 11.5 Å². The Balaban J connectivity index is 4.81. The molecule has 0 radical (unpaired) electrons. The molecule has 0 fully saturated rings. The summed E-state index contributed by atoms with van der Waals surface area (Å²) in [5, 5.41) is 14.3. The molecule has 7 N–H and O–H groups in total. The Kier molecular flexibility index (Phi) is 12.8. The third kappa shape index (κ3) is 9.36. The van der Waals surface area contributed by atoms with Gasteiger partial charge in [0.15, 0.2) is 0 Å². The van der Waals surface area contributed by atoms with E-state index in [0.29, 0.717) is 31.6 Å². The van der Waals surface area contributed by atoms with Crippen LogP contribution >= 0.6 is 24.4 Å². The second-order valence-corrected chi connectivity index (χ2v) is 6.67. The number of carboxylic acid groups (broad SMARTS) is 1. The lowest BCUT2D eigenvalue weighted by Crippen LogP contribution is -2.55. The molecule has 3 atom stereocenters. The highest BCUT2D eigenvalue weighted by atomic mass is 32.2. The zero-order valence-electron chi connectivity index (χ0n) is 13.9. The molecule has 0 aromatic carbocycles. The third-order valence-electron chi connectivity index (χ3n) is 3.34. The fourth-order valence-electron chi connectivity index (χ4n) is 1.89. The van der Waals surface area contributed by atoms with Crippen LogP contribution in [0.1, 0.15) is 25.7 Å². The second-order valence-electron chi connectivity index (χ2n) is 5.32. The molecule has 0 heterocycles. The molecule has 10 heteroatoms. The molecule has 0 unspecified atom stereocenters. The quantitative estimate of drug-likeness (QED) is 0.181. The molecule has 0 aliphatic rings. The minimum absolute atomic E-state index is 0.152. The number of aliphatic carboxylic acids is 1. The molecule has 0 aromatic rings. The molecule has 0 spiro atoms. The van der Waals surface area contributed by atoms with Crippen molar-refractivity contribution in [2.75, 3.05) is 24.3 Å². The molecule has 140 valence electrons. The number of rotatable bonds is 13. The first kappa shape index (κ1) is 23.0. The zero-order valence-corrected chi connectivity index (χ0v) is 15.6. The Morgan fingerprint density at radius 3 is 2.25 bits per heavy atom. The molecule has 0 aliphatic heterocycles. The SMILES string of the molecule is CSCC[C@H](NC(=O)[C@@H](N)CS)C(=O)N[C@@H](CCCCN)C(=O)O. The first-order chi connectivity index (χ1) is 11.4. The van der Waals surface area contributed by atoms with Crippen molar-refractivity contribution < 1.29 is 19.5 Å². The Morgan fingerprint density at radius 2 is 1.75 bits per heavy atom. The summed E-state index contributed by atoms with van der Waals surface area (Å²) in [6.07, 6.45) is 3.83. The summed E-state index contributed by atoms with van der Waals surface area (Å²) in [5.41, 5.74) is 11.0. The van der Waals surface area contributed by atoms with E-state index in [9.17, 15) is 19.5 Å². The van der Waals surface area contributed by atoms with Gasteiger partial charge < -0.3 is 27.2 Å². The predicted molar refractivity (Wildman–Crippen MR) is 99.2 cm³/mol. The monoisotopic (exact) mass is 380 g/mol. The van der Waals surface area contributed by atoms with Crippen LogP contribution in [0, 0.1) is 0 Å². The molecule has 24 heavy (non-hydrogen) atoms. The molecule has 0 saturated heterocycles. The van der Waals surface area contributed by atoms with Crippen LogP contribution in [0.4, 0.5) is 0 Å². The van der Waals surface area contributed by atoms with E-state index in [1.807, 2.05) is 6.26 Å². The van der Waals surface area contributed by atoms with Gasteiger partial charge in [0.1, 0.15) is 12.1 Å². The normalized spacial score (nSPS) is 14.5. The molecule has 0 aliphatic carbocycles. The van der Waals surface area contributed by atoms with Gasteiger partial charge in [-0.2, -0.15) is 24.4 Å². The molecule has 0 bridgehead atoms. The Bertz CT molecular complexity index is 412. The van der Waals surface area contributed by atoms with Crippen molar-refractivity contribution in [1.29, 1.82) is 0 Å². The number of nitrogens with two attached hydrogens (primary N) is 2. The number of carbonyl (C=O) groups excluding carboxylic acids is 2. The van der Waals surface area contributed by atoms with Crippen molar-refractivity contribution >= 4 is 42.2 Å². The van der Waals surface area contributed by atoms with Gasteiger partial charge in [-0.15, -0.1) is 0 Å². The lowest BCUT2D eigenvalue weighted by molar-refractivity contribution is -0.142. The second kappa shape index (κ2) is 13.3. The highest BCUT2D eigenvalue weighted by molar-refractivity contribution is 7.98. The van der Waals surface area contributed by atoms with E-state index < -0.39 is 35.9 Å². The molecular formula is C14H28N4O4S2. The van der Waals surface area contributed by atoms with Crippen molar-refractivity contribution in [1.82, 2.24) is 10.6 Å². The average Bonchev–Trinajstić information content (AvgIpc) is 2.56. The maximum absolute atomic E-state index is 12.4. The third-order valence-corrected chi connectivity index (χ3v) is 4.38. The average molecular weight is 381 g/mol. The molecule has 0 rings (SSSR count). The van der Waals surface area contributed by atoms with E-state index in [1.165, 1.54) is 11.8 Å². The molecular weight excluding hydrogens is 352 g/mol. The fourth-order valence-corrected chi connectivity index (χ4v) is 2.53. The van der Waals surface area contributed by atoms with Gasteiger partial charge in [0.25, 0.3) is 0 Å². The minimum Gasteiger partial charge on any atom is -0.480 e. The standard InChI is InChI=1S/C14H28N4O4S2/c1-24-7-5-10(17-12(19)9(16)8-23)13(20)18-11(14(21)22)4-2-3-6-15/h9-11,23H,2-8,15-16H2,1H3,(H,17,19)(H,18,20)(H,21,22)/t9-,10-,11-/m0/s1. The van der Waals surface area contributed by atoms with E-state index in [0.717, 1.165) is 0 Å². The number of carboxylic acids is 1. The summed E-state index contributed by atoms with van der Waals surface area (Å²) in [6, 6.07) is -2.65. The molecule has 0 saturated carbocycles. The Hall–Kier alpha value is -0.970. The van der Waals surface area contributed by atoms with Crippen LogP contribution in [0.25, 0.3) is 0 Å². The van der Waals surface area contributed by atoms with Crippen molar-refractivity contribution in [2.24, 2.45) is 11.5 Å². The Morgan fingerprint density at radius 1 is 1.12 bits per heavy atom. The lowest BCUT2D eigenvalue weighted by atomic mass is 10.1. The highest BCUT2D eigenvalue weighted by Gasteiger charge is 2.27. The highest BCUT2D eigenvalue weighted by Crippen LogP contribution is 2.05. The summed E-state index contributed by atoms with van der Waals surface area (Å²) in [7, 11) is 0. The number of thioether (sulfide) groups is 1. The number of nitrogens with one attached hydrogen (secondary N) is 2. The topological polar surface area (TPSA) is 148 Å². The van der Waals surface area contributed by atoms with Crippen molar-refractivity contribution in [3.8, 4) is 0 Å². The number of thiol groups is 1. The first-order valence-electron chi connectivity index (χ1n) is 7.76. The van der Waals surface area contributed by atoms with E-state index in [2.05, 4.69) is 23.3 Å². The van der Waals surface area contributed by atoms with Gasteiger partial charge in [-0.3, -0.25) is 9.59 Å². The number of amides is 2. The molecule has 8 nitrogen and oxygen atoms in total. The first-order valence-corrected chi connectivity index (χ1v) is 9.79. The van der Waals surface area contributed by atoms with Crippen LogP contribution in [0.5, 0.6) is 0 Å². The maximum atomic E-state index is 12.4. The van der Waals surface area contributed by atoms with Crippen LogP contribution in [0.15, 0.2) is 0 Å². The van der Waals surface area contributed by atoms with Crippen molar-refractivity contribution in [3.63, 3.8) is 0 Å². The lowest BCUT2D eigenvalue weighted by Gasteiger charge is -2.22. The van der Waals surface area contributed by atoms with Crippen LogP contribution in [0.2, 0.25) is 0 Å². The van der Waals surface area contributed by atoms with Gasteiger partial charge in [0.05, 0.1) is 6.04 Å². The minimum atomic E-state index is -1.11. The summed E-state index contributed by atoms with van der Waals surface area (Å²) < 4.78 is 0. The fraction of sp³-hybridized carbons (Fsp3) is 0.786. The van der Waals surface area contributed by atoms with Gasteiger partial charge in [-0.25, -0.2) is 4.79 Å². The van der Waals surface area contributed by atoms with Gasteiger partial charge in [0.2, 0.25) is 11.8 Å². The van der Waals surface area contributed by atoms with Crippen LogP contribution in [0.3, 0.4) is 0 Å². The predicted octanol–water partition coefficient (Wildman–Crippen LogP) is -0.820. The maximum Gasteiger partial charge on any atom is 0.326 e. The van der Waals surface area contributed by atoms with Crippen LogP contribution in [-0.2, 0) is 14.4 Å². The van der Waals surface area contributed by atoms with E-state index >= 15 is 0 Å². The number of carbonyl (C=O) groups is 3. The molecule has 0 aromatic heterocycles. The van der Waals surface area contributed by atoms with Gasteiger partial charge in [-0.05, 0) is 44.2 Å². The smallest absolute Gasteiger partial charge is 0.326 e. The Labute approximate surface area is 152 Å². The van der Waals surface area contributed by atoms with Crippen molar-refractivity contribution in [3.05, 3.63) is 0 Å². The van der Waals surface area contributed by atoms with Crippen molar-refractivity contribution in [2.45, 2.75) is 43.8 Å². The van der Waals surface area contributed by atoms with Crippen LogP contribution < -0.4 is 22.1 Å². The number of unbranched alkanes of at least 4 members (excludes halogenated alkanes) is 1. The van der Waals surface area contributed by atoms with Gasteiger partial charge in [0, 0.05) is 5.75 Å². The van der Waals surface area contributed by atoms with Gasteiger partial charge >= 0.3 is 5.97 Å². The van der Waals surface area contributed by atoms with E-state index in [-0.39, 0.29) is 12.2 Å². The van der Waals surface area contributed by atoms with Crippen LogP contribution in [-0.4, -0.2) is 65.3 Å². The van der Waals surface area contributed by atoms with E-state index in [1.54, 1.807) is 0 Å².